The highest BCUT2D eigenvalue weighted by Gasteiger charge is 2.32. The van der Waals surface area contributed by atoms with Crippen LogP contribution in [0.1, 0.15) is 5.56 Å². The molecule has 0 radical (unpaired) electrons. The number of anilines is 1. The highest BCUT2D eigenvalue weighted by Crippen LogP contribution is 2.26. The van der Waals surface area contributed by atoms with Crippen molar-refractivity contribution in [1.82, 2.24) is 9.21 Å². The van der Waals surface area contributed by atoms with Crippen molar-refractivity contribution in [3.63, 3.8) is 0 Å². The van der Waals surface area contributed by atoms with Crippen LogP contribution in [0.15, 0.2) is 65.6 Å². The zero-order chi connectivity index (χ0) is 26.0. The number of aliphatic carboxylic acids is 1. The molecule has 1 aliphatic rings. The van der Waals surface area contributed by atoms with E-state index in [1.807, 2.05) is 0 Å². The number of carboxylic acid groups (broad SMARTS) is 1. The quantitative estimate of drug-likeness (QED) is 0.330. The van der Waals surface area contributed by atoms with Crippen molar-refractivity contribution < 1.29 is 23.1 Å². The molecule has 12 heteroatoms. The van der Waals surface area contributed by atoms with E-state index in [0.29, 0.717) is 16.3 Å². The number of rotatable bonds is 6. The number of carboxylic acids is 1. The zero-order valence-corrected chi connectivity index (χ0v) is 20.7. The van der Waals surface area contributed by atoms with Crippen molar-refractivity contribution in [2.75, 3.05) is 37.6 Å². The second-order valence-electron chi connectivity index (χ2n) is 8.27. The summed E-state index contributed by atoms with van der Waals surface area (Å²) in [7, 11) is -3.79. The van der Waals surface area contributed by atoms with Gasteiger partial charge < -0.3 is 15.7 Å². The SMILES string of the molecule is N=C(N)c1ccc(N(CC(=O)O)C(=O)N2CCN(S(=O)(=O)c3ccc4cc(Cl)ccc4c3)CC2)cc1. The van der Waals surface area contributed by atoms with Gasteiger partial charge in [0.25, 0.3) is 0 Å². The van der Waals surface area contributed by atoms with Crippen molar-refractivity contribution in [1.29, 1.82) is 5.41 Å². The molecule has 4 rings (SSSR count). The first-order chi connectivity index (χ1) is 17.1. The molecule has 2 amide bonds. The number of hydrogen-bond donors (Lipinski definition) is 3. The van der Waals surface area contributed by atoms with E-state index in [0.717, 1.165) is 15.7 Å². The zero-order valence-electron chi connectivity index (χ0n) is 19.1. The van der Waals surface area contributed by atoms with Crippen LogP contribution in [0.5, 0.6) is 0 Å². The lowest BCUT2D eigenvalue weighted by molar-refractivity contribution is -0.135. The van der Waals surface area contributed by atoms with E-state index < -0.39 is 28.6 Å². The summed E-state index contributed by atoms with van der Waals surface area (Å²) in [6.07, 6.45) is 0. The van der Waals surface area contributed by atoms with Crippen molar-refractivity contribution in [2.24, 2.45) is 5.73 Å². The van der Waals surface area contributed by atoms with Gasteiger partial charge >= 0.3 is 12.0 Å². The van der Waals surface area contributed by atoms with Crippen LogP contribution in [-0.4, -0.2) is 73.3 Å². The van der Waals surface area contributed by atoms with Gasteiger partial charge in [-0.25, -0.2) is 13.2 Å². The summed E-state index contributed by atoms with van der Waals surface area (Å²) in [6.45, 7) is -0.239. The largest absolute Gasteiger partial charge is 0.480 e. The fraction of sp³-hybridized carbons (Fsp3) is 0.208. The molecule has 3 aromatic carbocycles. The number of nitrogen functional groups attached to an aromatic ring is 1. The van der Waals surface area contributed by atoms with Crippen LogP contribution < -0.4 is 10.6 Å². The lowest BCUT2D eigenvalue weighted by Crippen LogP contribution is -2.54. The lowest BCUT2D eigenvalue weighted by atomic mass is 10.1. The first kappa shape index (κ1) is 25.4. The van der Waals surface area contributed by atoms with E-state index in [9.17, 15) is 23.1 Å². The molecular weight excluding hydrogens is 506 g/mol. The number of nitrogens with zero attached hydrogens (tertiary/aromatic N) is 3. The maximum atomic E-state index is 13.2. The Labute approximate surface area is 213 Å². The Morgan fingerprint density at radius 3 is 2.19 bits per heavy atom. The molecule has 0 bridgehead atoms. The minimum atomic E-state index is -3.79. The van der Waals surface area contributed by atoms with Gasteiger partial charge in [-0.1, -0.05) is 23.7 Å². The monoisotopic (exact) mass is 529 g/mol. The summed E-state index contributed by atoms with van der Waals surface area (Å²) in [5.41, 5.74) is 6.24. The van der Waals surface area contributed by atoms with Gasteiger partial charge in [0.05, 0.1) is 4.90 Å². The van der Waals surface area contributed by atoms with E-state index in [1.54, 1.807) is 30.3 Å². The topological polar surface area (TPSA) is 148 Å². The van der Waals surface area contributed by atoms with E-state index in [4.69, 9.17) is 22.7 Å². The van der Waals surface area contributed by atoms with Crippen LogP contribution in [0.4, 0.5) is 10.5 Å². The van der Waals surface area contributed by atoms with E-state index >= 15 is 0 Å². The van der Waals surface area contributed by atoms with Gasteiger partial charge in [-0.2, -0.15) is 4.31 Å². The Bertz CT molecular complexity index is 1440. The molecule has 36 heavy (non-hydrogen) atoms. The molecule has 1 saturated heterocycles. The van der Waals surface area contributed by atoms with Crippen LogP contribution in [-0.2, 0) is 14.8 Å². The molecule has 10 nitrogen and oxygen atoms in total. The maximum absolute atomic E-state index is 13.2. The predicted molar refractivity (Wildman–Crippen MR) is 137 cm³/mol. The van der Waals surface area contributed by atoms with Gasteiger partial charge in [0.2, 0.25) is 10.0 Å². The standard InChI is InChI=1S/C24H24ClN5O5S/c25-19-5-1-18-14-21(8-4-17(18)13-19)36(34,35)29-11-9-28(10-12-29)24(33)30(15-22(31)32)20-6-2-16(3-7-20)23(26)27/h1-8,13-14H,9-12,15H2,(H3,26,27)(H,31,32). The third kappa shape index (κ3) is 5.27. The fourth-order valence-electron chi connectivity index (χ4n) is 4.02. The van der Waals surface area contributed by atoms with Crippen LogP contribution >= 0.6 is 11.6 Å². The van der Waals surface area contributed by atoms with Crippen LogP contribution in [0, 0.1) is 5.41 Å². The van der Waals surface area contributed by atoms with Crippen LogP contribution in [0.2, 0.25) is 5.02 Å². The Morgan fingerprint density at radius 2 is 1.58 bits per heavy atom. The van der Waals surface area contributed by atoms with Gasteiger partial charge in [0.1, 0.15) is 12.4 Å². The summed E-state index contributed by atoms with van der Waals surface area (Å²) in [5, 5.41) is 19.0. The Hall–Kier alpha value is -3.67. The van der Waals surface area contributed by atoms with Crippen molar-refractivity contribution in [2.45, 2.75) is 4.90 Å². The molecule has 0 unspecified atom stereocenters. The number of urea groups is 1. The number of amides is 2. The number of piperazine rings is 1. The normalized spacial score (nSPS) is 14.5. The lowest BCUT2D eigenvalue weighted by Gasteiger charge is -2.36. The Balaban J connectivity index is 1.49. The third-order valence-electron chi connectivity index (χ3n) is 5.93. The number of hydrogen-bond acceptors (Lipinski definition) is 5. The summed E-state index contributed by atoms with van der Waals surface area (Å²) in [4.78, 5) is 27.3. The van der Waals surface area contributed by atoms with Crippen LogP contribution in [0.25, 0.3) is 10.8 Å². The van der Waals surface area contributed by atoms with Gasteiger partial charge in [0.15, 0.2) is 0 Å². The molecule has 188 valence electrons. The summed E-state index contributed by atoms with van der Waals surface area (Å²) in [6, 6.07) is 15.6. The number of nitrogens with two attached hydrogens (primary N) is 1. The Morgan fingerprint density at radius 1 is 0.972 bits per heavy atom. The van der Waals surface area contributed by atoms with Crippen molar-refractivity contribution in [3.05, 3.63) is 71.2 Å². The molecule has 1 aliphatic heterocycles. The minimum absolute atomic E-state index is 0.0664. The second-order valence-corrected chi connectivity index (χ2v) is 10.6. The van der Waals surface area contributed by atoms with E-state index in [1.165, 1.54) is 39.5 Å². The van der Waals surface area contributed by atoms with Crippen LogP contribution in [0.3, 0.4) is 0 Å². The highest BCUT2D eigenvalue weighted by molar-refractivity contribution is 7.89. The summed E-state index contributed by atoms with van der Waals surface area (Å²) in [5.74, 6) is -1.34. The fourth-order valence-corrected chi connectivity index (χ4v) is 5.66. The number of fused-ring (bicyclic) bond motifs is 1. The molecule has 0 aromatic heterocycles. The third-order valence-corrected chi connectivity index (χ3v) is 8.06. The Kier molecular flexibility index (Phi) is 7.16. The average molecular weight is 530 g/mol. The number of carbonyl (C=O) groups is 2. The molecular formula is C24H24ClN5O5S. The van der Waals surface area contributed by atoms with Gasteiger partial charge in [-0.3, -0.25) is 15.1 Å². The summed E-state index contributed by atoms with van der Waals surface area (Å²) < 4.78 is 27.8. The van der Waals surface area contributed by atoms with E-state index in [2.05, 4.69) is 0 Å². The van der Waals surface area contributed by atoms with E-state index in [-0.39, 0.29) is 36.9 Å². The number of amidine groups is 1. The minimum Gasteiger partial charge on any atom is -0.480 e. The number of nitrogens with one attached hydrogen (secondary N) is 1. The number of sulfonamides is 1. The first-order valence-electron chi connectivity index (χ1n) is 11.0. The molecule has 0 aliphatic carbocycles. The number of carbonyl (C=O) groups excluding carboxylic acids is 1. The molecule has 0 atom stereocenters. The molecule has 1 heterocycles. The number of halogens is 1. The number of benzene rings is 3. The van der Waals surface area contributed by atoms with Gasteiger partial charge in [-0.15, -0.1) is 0 Å². The molecule has 1 fully saturated rings. The second kappa shape index (κ2) is 10.1. The molecule has 4 N–H and O–H groups in total. The first-order valence-corrected chi connectivity index (χ1v) is 12.8. The van der Waals surface area contributed by atoms with Crippen molar-refractivity contribution in [3.8, 4) is 0 Å². The average Bonchev–Trinajstić information content (AvgIpc) is 2.86. The summed E-state index contributed by atoms with van der Waals surface area (Å²) >= 11 is 6.01. The molecule has 3 aromatic rings. The maximum Gasteiger partial charge on any atom is 0.325 e. The van der Waals surface area contributed by atoms with Crippen molar-refractivity contribution >= 4 is 55.9 Å². The molecule has 0 saturated carbocycles. The van der Waals surface area contributed by atoms with Gasteiger partial charge in [-0.05, 0) is 59.3 Å². The highest BCUT2D eigenvalue weighted by atomic mass is 35.5. The smallest absolute Gasteiger partial charge is 0.325 e. The van der Waals surface area contributed by atoms with Gasteiger partial charge in [0, 0.05) is 42.5 Å². The molecule has 0 spiro atoms. The predicted octanol–water partition coefficient (Wildman–Crippen LogP) is 2.79.